The summed E-state index contributed by atoms with van der Waals surface area (Å²) in [6.07, 6.45) is 3.17. The molecule has 0 aliphatic heterocycles. The van der Waals surface area contributed by atoms with Gasteiger partial charge < -0.3 is 15.4 Å². The van der Waals surface area contributed by atoms with Crippen molar-refractivity contribution in [2.45, 2.75) is 0 Å². The van der Waals surface area contributed by atoms with Crippen molar-refractivity contribution < 1.29 is 13.9 Å². The monoisotopic (exact) mass is 421 g/mol. The molecule has 2 aromatic heterocycles. The lowest BCUT2D eigenvalue weighted by Crippen LogP contribution is -2.14. The number of amides is 1. The van der Waals surface area contributed by atoms with Crippen molar-refractivity contribution >= 4 is 17.5 Å². The summed E-state index contributed by atoms with van der Waals surface area (Å²) < 4.78 is 21.1. The molecule has 0 aliphatic carbocycles. The molecule has 0 radical (unpaired) electrons. The van der Waals surface area contributed by atoms with Crippen molar-refractivity contribution in [2.75, 3.05) is 23.8 Å². The molecule has 1 amide bonds. The van der Waals surface area contributed by atoms with E-state index in [0.717, 1.165) is 11.3 Å². The highest BCUT2D eigenvalue weighted by Gasteiger charge is 2.14. The predicted octanol–water partition coefficient (Wildman–Crippen LogP) is 3.09. The zero-order chi connectivity index (χ0) is 21.6. The molecule has 4 aromatic rings. The van der Waals surface area contributed by atoms with Gasteiger partial charge in [-0.15, -0.1) is 5.10 Å². The number of rotatable bonds is 8. The van der Waals surface area contributed by atoms with Crippen LogP contribution < -0.4 is 15.4 Å². The Bertz CT molecular complexity index is 1170. The molecule has 0 unspecified atom stereocenters. The lowest BCUT2D eigenvalue weighted by molar-refractivity contribution is 0.102. The number of hydrogen-bond acceptors (Lipinski definition) is 6. The summed E-state index contributed by atoms with van der Waals surface area (Å²) >= 11 is 0. The second-order valence-corrected chi connectivity index (χ2v) is 6.61. The number of aryl methyl sites for hydroxylation is 1. The van der Waals surface area contributed by atoms with Gasteiger partial charge in [-0.05, 0) is 42.5 Å². The van der Waals surface area contributed by atoms with Crippen molar-refractivity contribution in [3.05, 3.63) is 72.4 Å². The minimum Gasteiger partial charge on any atom is -0.491 e. The lowest BCUT2D eigenvalue weighted by Gasteiger charge is -2.14. The van der Waals surface area contributed by atoms with Crippen LogP contribution >= 0.6 is 0 Å². The fraction of sp³-hybridized carbons (Fsp3) is 0.143. The number of carbonyl (C=O) groups is 1. The van der Waals surface area contributed by atoms with Gasteiger partial charge in [0.15, 0.2) is 0 Å². The maximum atomic E-state index is 13.4. The van der Waals surface area contributed by atoms with Gasteiger partial charge in [-0.25, -0.2) is 9.37 Å². The quantitative estimate of drug-likeness (QED) is 0.377. The number of carbonyl (C=O) groups excluding carboxylic acids is 1. The Balaban J connectivity index is 1.51. The Morgan fingerprint density at radius 2 is 2.13 bits per heavy atom. The zero-order valence-electron chi connectivity index (χ0n) is 16.7. The summed E-state index contributed by atoms with van der Waals surface area (Å²) in [7, 11) is 1.82. The molecule has 2 heterocycles. The normalized spacial score (nSPS) is 10.6. The fourth-order valence-corrected chi connectivity index (χ4v) is 3.02. The van der Waals surface area contributed by atoms with Gasteiger partial charge in [-0.2, -0.15) is 5.10 Å². The van der Waals surface area contributed by atoms with E-state index >= 15 is 0 Å². The number of nitrogens with zero attached hydrogens (tertiary/aromatic N) is 4. The van der Waals surface area contributed by atoms with E-state index in [1.807, 2.05) is 13.1 Å². The van der Waals surface area contributed by atoms with E-state index in [-0.39, 0.29) is 5.56 Å². The highest BCUT2D eigenvalue weighted by Crippen LogP contribution is 2.32. The Morgan fingerprint density at radius 3 is 2.87 bits per heavy atom. The van der Waals surface area contributed by atoms with Crippen LogP contribution in [0, 0.1) is 5.82 Å². The molecule has 0 saturated carbocycles. The molecule has 9 nitrogen and oxygen atoms in total. The van der Waals surface area contributed by atoms with Gasteiger partial charge in [0.05, 0.1) is 12.2 Å². The molecule has 4 rings (SSSR count). The second kappa shape index (κ2) is 9.08. The molecule has 158 valence electrons. The minimum absolute atomic E-state index is 0.237. The topological polar surface area (TPSA) is 110 Å². The maximum Gasteiger partial charge on any atom is 0.255 e. The predicted molar refractivity (Wildman–Crippen MR) is 113 cm³/mol. The van der Waals surface area contributed by atoms with Crippen molar-refractivity contribution in [3.63, 3.8) is 0 Å². The molecule has 0 saturated heterocycles. The third kappa shape index (κ3) is 4.86. The maximum absolute atomic E-state index is 13.4. The Hall–Kier alpha value is -4.21. The SMILES string of the molecule is Cn1nccc1-c1cc(NC(=O)c2cccc(F)c2)ccc1OCCNc1nc[nH]n1. The van der Waals surface area contributed by atoms with E-state index in [1.165, 1.54) is 24.5 Å². The number of hydrogen-bond donors (Lipinski definition) is 3. The first-order chi connectivity index (χ1) is 15.1. The molecular weight excluding hydrogens is 401 g/mol. The number of aromatic nitrogens is 5. The van der Waals surface area contributed by atoms with Gasteiger partial charge >= 0.3 is 0 Å². The van der Waals surface area contributed by atoms with Crippen LogP contribution in [0.25, 0.3) is 11.3 Å². The van der Waals surface area contributed by atoms with Crippen LogP contribution in [0.15, 0.2) is 61.1 Å². The van der Waals surface area contributed by atoms with E-state index in [4.69, 9.17) is 4.74 Å². The standard InChI is InChI=1S/C21H20FN7O2/c1-29-18(7-8-26-29)17-12-16(27-20(30)14-3-2-4-15(22)11-14)5-6-19(17)31-10-9-23-21-24-13-25-28-21/h2-8,11-13H,9-10H2,1H3,(H,27,30)(H2,23,24,25,28). The lowest BCUT2D eigenvalue weighted by atomic mass is 10.1. The largest absolute Gasteiger partial charge is 0.491 e. The highest BCUT2D eigenvalue weighted by atomic mass is 19.1. The van der Waals surface area contributed by atoms with Crippen LogP contribution in [0.5, 0.6) is 5.75 Å². The number of H-pyrrole nitrogens is 1. The van der Waals surface area contributed by atoms with Gasteiger partial charge in [0, 0.05) is 30.1 Å². The van der Waals surface area contributed by atoms with Gasteiger partial charge in [0.25, 0.3) is 5.91 Å². The number of ether oxygens (including phenoxy) is 1. The molecule has 31 heavy (non-hydrogen) atoms. The summed E-state index contributed by atoms with van der Waals surface area (Å²) in [5, 5.41) is 16.6. The first-order valence-electron chi connectivity index (χ1n) is 9.52. The third-order valence-electron chi connectivity index (χ3n) is 4.48. The Kier molecular flexibility index (Phi) is 5.88. The number of benzene rings is 2. The van der Waals surface area contributed by atoms with Crippen molar-refractivity contribution in [1.29, 1.82) is 0 Å². The van der Waals surface area contributed by atoms with E-state index < -0.39 is 11.7 Å². The van der Waals surface area contributed by atoms with E-state index in [0.29, 0.717) is 30.5 Å². The van der Waals surface area contributed by atoms with Crippen LogP contribution in [-0.4, -0.2) is 44.0 Å². The van der Waals surface area contributed by atoms with E-state index in [2.05, 4.69) is 30.9 Å². The summed E-state index contributed by atoms with van der Waals surface area (Å²) in [5.41, 5.74) is 2.37. The molecule has 10 heteroatoms. The van der Waals surface area contributed by atoms with Crippen molar-refractivity contribution in [3.8, 4) is 17.0 Å². The summed E-state index contributed by atoms with van der Waals surface area (Å²) in [4.78, 5) is 16.5. The second-order valence-electron chi connectivity index (χ2n) is 6.61. The molecule has 0 fully saturated rings. The van der Waals surface area contributed by atoms with Crippen LogP contribution in [0.4, 0.5) is 16.0 Å². The fourth-order valence-electron chi connectivity index (χ4n) is 3.02. The number of nitrogens with one attached hydrogen (secondary N) is 3. The minimum atomic E-state index is -0.467. The van der Waals surface area contributed by atoms with Crippen LogP contribution in [0.3, 0.4) is 0 Å². The zero-order valence-corrected chi connectivity index (χ0v) is 16.7. The summed E-state index contributed by atoms with van der Waals surface area (Å²) in [5.74, 6) is 0.250. The third-order valence-corrected chi connectivity index (χ3v) is 4.48. The van der Waals surface area contributed by atoms with E-state index in [9.17, 15) is 9.18 Å². The molecule has 0 aliphatic rings. The smallest absolute Gasteiger partial charge is 0.255 e. The summed E-state index contributed by atoms with van der Waals surface area (Å²) in [6, 6.07) is 12.7. The van der Waals surface area contributed by atoms with E-state index in [1.54, 1.807) is 35.1 Å². The number of aromatic amines is 1. The van der Waals surface area contributed by atoms with Gasteiger partial charge in [-0.1, -0.05) is 6.07 Å². The molecule has 0 atom stereocenters. The van der Waals surface area contributed by atoms with Crippen molar-refractivity contribution in [1.82, 2.24) is 25.0 Å². The summed E-state index contributed by atoms with van der Waals surface area (Å²) in [6.45, 7) is 0.870. The van der Waals surface area contributed by atoms with Gasteiger partial charge in [0.2, 0.25) is 5.95 Å². The highest BCUT2D eigenvalue weighted by molar-refractivity contribution is 6.04. The van der Waals surface area contributed by atoms with Crippen LogP contribution in [0.1, 0.15) is 10.4 Å². The van der Waals surface area contributed by atoms with Crippen LogP contribution in [-0.2, 0) is 7.05 Å². The molecular formula is C21H20FN7O2. The number of halogens is 1. The first-order valence-corrected chi connectivity index (χ1v) is 9.52. The van der Waals surface area contributed by atoms with Gasteiger partial charge in [-0.3, -0.25) is 14.6 Å². The number of anilines is 2. The Labute approximate surface area is 177 Å². The van der Waals surface area contributed by atoms with Gasteiger partial charge in [0.1, 0.15) is 24.5 Å². The Morgan fingerprint density at radius 1 is 1.23 bits per heavy atom. The molecule has 0 spiro atoms. The average molecular weight is 421 g/mol. The van der Waals surface area contributed by atoms with Crippen LogP contribution in [0.2, 0.25) is 0 Å². The average Bonchev–Trinajstić information content (AvgIpc) is 3.43. The van der Waals surface area contributed by atoms with Crippen molar-refractivity contribution in [2.24, 2.45) is 7.05 Å². The molecule has 0 bridgehead atoms. The first kappa shape index (κ1) is 20.1. The molecule has 3 N–H and O–H groups in total. The molecule has 2 aromatic carbocycles.